The van der Waals surface area contributed by atoms with Gasteiger partial charge in [0, 0.05) is 10.2 Å². The lowest BCUT2D eigenvalue weighted by molar-refractivity contribution is -0.161. The van der Waals surface area contributed by atoms with Crippen molar-refractivity contribution in [2.24, 2.45) is 0 Å². The molecule has 31 heavy (non-hydrogen) atoms. The fourth-order valence-corrected chi connectivity index (χ4v) is 4.60. The van der Waals surface area contributed by atoms with Crippen LogP contribution in [0, 0.1) is 0 Å². The number of rotatable bonds is 2. The molecule has 0 bridgehead atoms. The van der Waals surface area contributed by atoms with Gasteiger partial charge in [-0.3, -0.25) is 4.79 Å². The van der Waals surface area contributed by atoms with Crippen molar-refractivity contribution in [3.05, 3.63) is 70.2 Å². The molecule has 0 radical (unpaired) electrons. The highest BCUT2D eigenvalue weighted by molar-refractivity contribution is 9.10. The van der Waals surface area contributed by atoms with Crippen molar-refractivity contribution in [3.8, 4) is 0 Å². The van der Waals surface area contributed by atoms with Crippen molar-refractivity contribution in [1.82, 2.24) is 20.7 Å². The molecule has 0 spiro atoms. The van der Waals surface area contributed by atoms with E-state index in [1.807, 2.05) is 0 Å². The Bertz CT molecular complexity index is 1210. The van der Waals surface area contributed by atoms with Gasteiger partial charge in [-0.2, -0.15) is 13.2 Å². The van der Waals surface area contributed by atoms with Crippen molar-refractivity contribution >= 4 is 38.5 Å². The lowest BCUT2D eigenvalue weighted by Crippen LogP contribution is -2.54. The molecule has 1 amide bonds. The van der Waals surface area contributed by atoms with Gasteiger partial charge in [-0.15, -0.1) is 0 Å². The first-order chi connectivity index (χ1) is 14.8. The minimum absolute atomic E-state index is 0.0452. The fourth-order valence-electron chi connectivity index (χ4n) is 4.17. The van der Waals surface area contributed by atoms with E-state index in [4.69, 9.17) is 4.42 Å². The first kappa shape index (κ1) is 20.1. The maximum atomic E-state index is 13.9. The van der Waals surface area contributed by atoms with Gasteiger partial charge in [0.1, 0.15) is 23.3 Å². The van der Waals surface area contributed by atoms with Crippen LogP contribution in [0.2, 0.25) is 0 Å². The number of carbonyl (C=O) groups is 1. The molecule has 1 aromatic heterocycles. The molecule has 2 N–H and O–H groups in total. The van der Waals surface area contributed by atoms with Gasteiger partial charge in [0.15, 0.2) is 5.58 Å². The molecule has 3 unspecified atom stereocenters. The summed E-state index contributed by atoms with van der Waals surface area (Å²) in [4.78, 5) is 17.7. The molecule has 5 rings (SSSR count). The molecule has 0 saturated carbocycles. The number of benzene rings is 2. The minimum Gasteiger partial charge on any atom is -0.436 e. The summed E-state index contributed by atoms with van der Waals surface area (Å²) in [5, 5.41) is 4.08. The van der Waals surface area contributed by atoms with Crippen LogP contribution in [0.25, 0.3) is 16.7 Å². The SMILES string of the molecule is CC1=C(c2nc3c(Br)cccc3o2)C(=O)N2NC(C(F)(F)F)C(c3ccccc3)C2N1. The number of hydrazine groups is 1. The third kappa shape index (κ3) is 3.21. The molecule has 160 valence electrons. The highest BCUT2D eigenvalue weighted by Gasteiger charge is 2.58. The first-order valence-corrected chi connectivity index (χ1v) is 10.3. The largest absolute Gasteiger partial charge is 0.436 e. The van der Waals surface area contributed by atoms with E-state index in [2.05, 4.69) is 31.7 Å². The Morgan fingerprint density at radius 1 is 1.13 bits per heavy atom. The summed E-state index contributed by atoms with van der Waals surface area (Å²) >= 11 is 3.39. The Balaban J connectivity index is 1.59. The Kier molecular flexibility index (Phi) is 4.60. The lowest BCUT2D eigenvalue weighted by Gasteiger charge is -2.34. The van der Waals surface area contributed by atoms with E-state index in [1.165, 1.54) is 0 Å². The summed E-state index contributed by atoms with van der Waals surface area (Å²) in [6.07, 6.45) is -5.47. The summed E-state index contributed by atoms with van der Waals surface area (Å²) in [5.41, 5.74) is 4.33. The lowest BCUT2D eigenvalue weighted by atomic mass is 9.89. The van der Waals surface area contributed by atoms with E-state index in [1.54, 1.807) is 55.5 Å². The Labute approximate surface area is 183 Å². The number of nitrogens with zero attached hydrogens (tertiary/aromatic N) is 2. The maximum Gasteiger partial charge on any atom is 0.406 e. The molecule has 3 atom stereocenters. The van der Waals surface area contributed by atoms with E-state index >= 15 is 0 Å². The molecule has 0 aliphatic carbocycles. The number of aromatic nitrogens is 1. The number of para-hydroxylation sites is 1. The van der Waals surface area contributed by atoms with Gasteiger partial charge in [0.2, 0.25) is 5.89 Å². The molecule has 2 aromatic carbocycles. The number of fused-ring (bicyclic) bond motifs is 2. The average molecular weight is 493 g/mol. The zero-order valence-corrected chi connectivity index (χ0v) is 17.7. The molecule has 6 nitrogen and oxygen atoms in total. The Morgan fingerprint density at radius 2 is 1.87 bits per heavy atom. The number of allylic oxidation sites excluding steroid dienone is 1. The van der Waals surface area contributed by atoms with Gasteiger partial charge in [-0.05, 0) is 40.5 Å². The van der Waals surface area contributed by atoms with Crippen LogP contribution in [0.3, 0.4) is 0 Å². The standard InChI is InChI=1S/C21H16BrF3N4O2/c1-10-14(19-27-16-12(22)8-5-9-13(16)31-19)20(30)29-18(26-10)15(11-6-3-2-4-7-11)17(28-29)21(23,24)25/h2-9,15,17-18,26,28H,1H3. The second-order valence-electron chi connectivity index (χ2n) is 7.45. The first-order valence-electron chi connectivity index (χ1n) is 9.50. The molecule has 1 fully saturated rings. The van der Waals surface area contributed by atoms with Crippen molar-refractivity contribution in [3.63, 3.8) is 0 Å². The third-order valence-electron chi connectivity index (χ3n) is 5.55. The van der Waals surface area contributed by atoms with E-state index in [-0.39, 0.29) is 11.5 Å². The predicted molar refractivity (Wildman–Crippen MR) is 110 cm³/mol. The molecule has 10 heteroatoms. The smallest absolute Gasteiger partial charge is 0.406 e. The zero-order valence-electron chi connectivity index (χ0n) is 16.1. The summed E-state index contributed by atoms with van der Waals surface area (Å²) < 4.78 is 48.1. The number of hydrogen-bond donors (Lipinski definition) is 2. The topological polar surface area (TPSA) is 70.4 Å². The fraction of sp³-hybridized carbons (Fsp3) is 0.238. The molecule has 2 aliphatic heterocycles. The number of amides is 1. The van der Waals surface area contributed by atoms with E-state index in [0.29, 0.717) is 26.8 Å². The van der Waals surface area contributed by atoms with Crippen LogP contribution in [0.1, 0.15) is 24.3 Å². The van der Waals surface area contributed by atoms with Crippen molar-refractivity contribution in [2.75, 3.05) is 0 Å². The number of carbonyl (C=O) groups excluding carboxylic acids is 1. The second-order valence-corrected chi connectivity index (χ2v) is 8.31. The van der Waals surface area contributed by atoms with Crippen molar-refractivity contribution < 1.29 is 22.4 Å². The maximum absolute atomic E-state index is 13.9. The van der Waals surface area contributed by atoms with Crippen LogP contribution in [0.15, 0.2) is 63.1 Å². The van der Waals surface area contributed by atoms with Gasteiger partial charge in [-0.1, -0.05) is 36.4 Å². The van der Waals surface area contributed by atoms with Gasteiger partial charge in [0.25, 0.3) is 5.91 Å². The minimum atomic E-state index is -4.56. The molecular weight excluding hydrogens is 477 g/mol. The van der Waals surface area contributed by atoms with E-state index in [0.717, 1.165) is 5.01 Å². The van der Waals surface area contributed by atoms with Crippen molar-refractivity contribution in [2.45, 2.75) is 31.2 Å². The highest BCUT2D eigenvalue weighted by atomic mass is 79.9. The molecule has 3 aromatic rings. The van der Waals surface area contributed by atoms with Gasteiger partial charge < -0.3 is 9.73 Å². The molecule has 3 heterocycles. The Hall–Kier alpha value is -2.85. The monoisotopic (exact) mass is 492 g/mol. The van der Waals surface area contributed by atoms with Crippen molar-refractivity contribution in [1.29, 1.82) is 0 Å². The van der Waals surface area contributed by atoms with Gasteiger partial charge >= 0.3 is 6.18 Å². The van der Waals surface area contributed by atoms with Gasteiger partial charge in [-0.25, -0.2) is 15.4 Å². The van der Waals surface area contributed by atoms with Crippen LogP contribution in [0.5, 0.6) is 0 Å². The number of halogens is 4. The van der Waals surface area contributed by atoms with E-state index in [9.17, 15) is 18.0 Å². The summed E-state index contributed by atoms with van der Waals surface area (Å²) in [6, 6.07) is 11.7. The summed E-state index contributed by atoms with van der Waals surface area (Å²) in [7, 11) is 0. The third-order valence-corrected chi connectivity index (χ3v) is 6.19. The number of nitrogens with one attached hydrogen (secondary N) is 2. The average Bonchev–Trinajstić information content (AvgIpc) is 3.31. The van der Waals surface area contributed by atoms with Crippen LogP contribution < -0.4 is 10.7 Å². The van der Waals surface area contributed by atoms with E-state index < -0.39 is 30.2 Å². The zero-order chi connectivity index (χ0) is 21.9. The van der Waals surface area contributed by atoms with Crippen LogP contribution >= 0.6 is 15.9 Å². The predicted octanol–water partition coefficient (Wildman–Crippen LogP) is 4.31. The molecular formula is C21H16BrF3N4O2. The summed E-state index contributed by atoms with van der Waals surface area (Å²) in [5.74, 6) is -1.61. The normalized spacial score (nSPS) is 24.0. The highest BCUT2D eigenvalue weighted by Crippen LogP contribution is 2.42. The number of alkyl halides is 3. The number of hydrogen-bond acceptors (Lipinski definition) is 5. The van der Waals surface area contributed by atoms with Gasteiger partial charge in [0.05, 0.1) is 5.92 Å². The van der Waals surface area contributed by atoms with Crippen LogP contribution in [-0.4, -0.2) is 34.3 Å². The second kappa shape index (κ2) is 7.10. The van der Waals surface area contributed by atoms with Crippen LogP contribution in [0.4, 0.5) is 13.2 Å². The Morgan fingerprint density at radius 3 is 2.55 bits per heavy atom. The number of oxazole rings is 1. The van der Waals surface area contributed by atoms with Crippen LogP contribution in [-0.2, 0) is 4.79 Å². The quantitative estimate of drug-likeness (QED) is 0.557. The molecule has 2 aliphatic rings. The molecule has 1 saturated heterocycles. The summed E-state index contributed by atoms with van der Waals surface area (Å²) in [6.45, 7) is 1.64.